The van der Waals surface area contributed by atoms with E-state index in [1.807, 2.05) is 113 Å². The van der Waals surface area contributed by atoms with Gasteiger partial charge in [-0.15, -0.1) is 0 Å². The minimum absolute atomic E-state index is 0.0115. The fourth-order valence-corrected chi connectivity index (χ4v) is 9.00. The smallest absolute Gasteiger partial charge is 0.351 e. The molecule has 1 aliphatic heterocycles. The molecule has 1 unspecified atom stereocenters. The van der Waals surface area contributed by atoms with Crippen LogP contribution in [0.25, 0.3) is 0 Å². The van der Waals surface area contributed by atoms with Crippen molar-refractivity contribution >= 4 is 20.3 Å². The molecule has 1 saturated heterocycles. The predicted octanol–water partition coefficient (Wildman–Crippen LogP) is 7.98. The third kappa shape index (κ3) is 9.94. The second-order valence-corrected chi connectivity index (χ2v) is 16.0. The molecular weight excluding hydrogens is 771 g/mol. The summed E-state index contributed by atoms with van der Waals surface area (Å²) in [5, 5.41) is 15.7. The zero-order valence-corrected chi connectivity index (χ0v) is 34.7. The Labute approximate surface area is 345 Å². The van der Waals surface area contributed by atoms with Gasteiger partial charge >= 0.3 is 5.69 Å². The maximum atomic E-state index is 17.7. The minimum atomic E-state index is -1.82. The molecule has 1 aromatic heterocycles. The molecule has 1 aliphatic rings. The zero-order valence-electron chi connectivity index (χ0n) is 33.8. The number of carbonyl (C=O) groups is 1. The van der Waals surface area contributed by atoms with E-state index in [1.54, 1.807) is 37.4 Å². The average molecular weight is 821 g/mol. The number of benzene rings is 4. The van der Waals surface area contributed by atoms with Crippen molar-refractivity contribution in [2.24, 2.45) is 0 Å². The van der Waals surface area contributed by atoms with Crippen molar-refractivity contribution in [2.45, 2.75) is 76.3 Å². The van der Waals surface area contributed by atoms with Crippen LogP contribution in [0.4, 0.5) is 10.2 Å². The Morgan fingerprint density at radius 1 is 0.898 bits per heavy atom. The standard InChI is InChI=1S/C45H50FN6O6P/c1-31(2)52(32(3)4)59(56-29-15-27-47)57-30-38-41(40(46)43(58-38)51-28-26-39(49-44(51)54)48-42(53)33-16-9-6-10-17-33)50-45(34-18-11-7-12-19-34,35-20-13-8-14-21-35)36-22-24-37(55-5)25-23-36/h6-14,16-26,28,31-32,38,40-41,43,50H,15,29-30H2,1-5H3,(H,48,49,53,54)/t38-,40+,41-,43-,59?/m1/s1. The van der Waals surface area contributed by atoms with Gasteiger partial charge in [0, 0.05) is 23.8 Å². The van der Waals surface area contributed by atoms with Gasteiger partial charge in [0.1, 0.15) is 17.7 Å². The molecule has 0 aliphatic carbocycles. The van der Waals surface area contributed by atoms with E-state index in [1.165, 1.54) is 12.3 Å². The molecule has 4 aromatic carbocycles. The number of amides is 1. The van der Waals surface area contributed by atoms with Gasteiger partial charge in [-0.2, -0.15) is 10.2 Å². The molecule has 0 saturated carbocycles. The van der Waals surface area contributed by atoms with Gasteiger partial charge in [0.25, 0.3) is 14.4 Å². The Hall–Kier alpha value is -5.32. The molecular formula is C45H50FN6O6P. The highest BCUT2D eigenvalue weighted by atomic mass is 31.2. The summed E-state index contributed by atoms with van der Waals surface area (Å²) in [5.74, 6) is 0.221. The number of nitrogens with one attached hydrogen (secondary N) is 2. The molecule has 0 bridgehead atoms. The highest BCUT2D eigenvalue weighted by Crippen LogP contribution is 2.48. The van der Waals surface area contributed by atoms with E-state index < -0.39 is 50.2 Å². The highest BCUT2D eigenvalue weighted by molar-refractivity contribution is 7.44. The molecule has 14 heteroatoms. The van der Waals surface area contributed by atoms with Crippen molar-refractivity contribution < 1.29 is 27.7 Å². The van der Waals surface area contributed by atoms with Crippen LogP contribution < -0.4 is 21.1 Å². The van der Waals surface area contributed by atoms with E-state index in [2.05, 4.69) is 26.4 Å². The normalized spacial score (nSPS) is 18.5. The summed E-state index contributed by atoms with van der Waals surface area (Å²) in [6.45, 7) is 8.15. The molecule has 1 amide bonds. The van der Waals surface area contributed by atoms with Gasteiger partial charge in [0.15, 0.2) is 12.4 Å². The third-order valence-corrected chi connectivity index (χ3v) is 12.1. The molecule has 59 heavy (non-hydrogen) atoms. The van der Waals surface area contributed by atoms with Crippen LogP contribution in [0, 0.1) is 11.3 Å². The maximum absolute atomic E-state index is 17.7. The first-order chi connectivity index (χ1) is 28.6. The van der Waals surface area contributed by atoms with E-state index in [0.29, 0.717) is 11.3 Å². The number of rotatable bonds is 18. The molecule has 2 N–H and O–H groups in total. The van der Waals surface area contributed by atoms with Crippen LogP contribution in [-0.4, -0.2) is 70.9 Å². The molecule has 2 heterocycles. The van der Waals surface area contributed by atoms with Crippen LogP contribution in [0.3, 0.4) is 0 Å². The largest absolute Gasteiger partial charge is 0.497 e. The van der Waals surface area contributed by atoms with Gasteiger partial charge in [0.2, 0.25) is 0 Å². The fraction of sp³-hybridized carbons (Fsp3) is 0.333. The van der Waals surface area contributed by atoms with Crippen LogP contribution in [0.2, 0.25) is 0 Å². The Morgan fingerprint density at radius 2 is 1.47 bits per heavy atom. The molecule has 5 aromatic rings. The summed E-state index contributed by atoms with van der Waals surface area (Å²) in [6, 6.07) is 38.2. The first-order valence-electron chi connectivity index (χ1n) is 19.6. The first kappa shape index (κ1) is 43.3. The number of carbonyl (C=O) groups excluding carboxylic acids is 1. The van der Waals surface area contributed by atoms with Crippen LogP contribution >= 0.6 is 8.53 Å². The van der Waals surface area contributed by atoms with Gasteiger partial charge < -0.3 is 23.8 Å². The number of nitriles is 1. The van der Waals surface area contributed by atoms with E-state index >= 15 is 4.39 Å². The lowest BCUT2D eigenvalue weighted by Crippen LogP contribution is -2.56. The number of methoxy groups -OCH3 is 1. The quantitative estimate of drug-likeness (QED) is 0.0508. The molecule has 308 valence electrons. The molecule has 1 fully saturated rings. The fourth-order valence-electron chi connectivity index (χ4n) is 7.38. The summed E-state index contributed by atoms with van der Waals surface area (Å²) in [6.07, 6.45) is -2.70. The number of alkyl halides is 1. The van der Waals surface area contributed by atoms with Crippen molar-refractivity contribution in [1.29, 1.82) is 5.26 Å². The molecule has 6 rings (SSSR count). The summed E-state index contributed by atoms with van der Waals surface area (Å²) in [4.78, 5) is 30.7. The number of aromatic nitrogens is 2. The topological polar surface area (TPSA) is 140 Å². The molecule has 0 radical (unpaired) electrons. The number of nitrogens with zero attached hydrogens (tertiary/aromatic N) is 4. The summed E-state index contributed by atoms with van der Waals surface area (Å²) < 4.78 is 45.7. The van der Waals surface area contributed by atoms with Gasteiger partial charge in [-0.3, -0.25) is 14.7 Å². The second-order valence-electron chi connectivity index (χ2n) is 14.6. The van der Waals surface area contributed by atoms with Gasteiger partial charge in [-0.25, -0.2) is 13.9 Å². The number of hydrogen-bond donors (Lipinski definition) is 2. The molecule has 5 atom stereocenters. The zero-order chi connectivity index (χ0) is 41.9. The van der Waals surface area contributed by atoms with Crippen molar-refractivity contribution in [1.82, 2.24) is 19.5 Å². The Morgan fingerprint density at radius 3 is 2.02 bits per heavy atom. The van der Waals surface area contributed by atoms with Crippen molar-refractivity contribution in [3.05, 3.63) is 160 Å². The van der Waals surface area contributed by atoms with Crippen LogP contribution in [0.15, 0.2) is 132 Å². The summed E-state index contributed by atoms with van der Waals surface area (Å²) >= 11 is 0. The number of ether oxygens (including phenoxy) is 2. The van der Waals surface area contributed by atoms with Gasteiger partial charge in [-0.1, -0.05) is 91.0 Å². The predicted molar refractivity (Wildman–Crippen MR) is 226 cm³/mol. The lowest BCUT2D eigenvalue weighted by molar-refractivity contribution is -0.0393. The van der Waals surface area contributed by atoms with E-state index in [9.17, 15) is 14.9 Å². The monoisotopic (exact) mass is 820 g/mol. The van der Waals surface area contributed by atoms with Crippen molar-refractivity contribution in [3.8, 4) is 11.8 Å². The third-order valence-electron chi connectivity index (χ3n) is 10.0. The van der Waals surface area contributed by atoms with E-state index in [-0.39, 0.29) is 37.5 Å². The van der Waals surface area contributed by atoms with Crippen LogP contribution in [0.1, 0.15) is 67.4 Å². The number of anilines is 1. The van der Waals surface area contributed by atoms with Crippen LogP contribution in [-0.2, 0) is 19.3 Å². The maximum Gasteiger partial charge on any atom is 0.351 e. The van der Waals surface area contributed by atoms with Gasteiger partial charge in [0.05, 0.1) is 44.4 Å². The van der Waals surface area contributed by atoms with E-state index in [0.717, 1.165) is 21.3 Å². The van der Waals surface area contributed by atoms with Crippen molar-refractivity contribution in [2.75, 3.05) is 25.6 Å². The summed E-state index contributed by atoms with van der Waals surface area (Å²) in [5.41, 5.74) is 0.889. The average Bonchev–Trinajstić information content (AvgIpc) is 3.55. The number of hydrogen-bond acceptors (Lipinski definition) is 10. The second kappa shape index (κ2) is 20.1. The number of halogens is 1. The van der Waals surface area contributed by atoms with Gasteiger partial charge in [-0.05, 0) is 74.7 Å². The Kier molecular flexibility index (Phi) is 14.7. The van der Waals surface area contributed by atoms with Crippen LogP contribution in [0.5, 0.6) is 5.75 Å². The minimum Gasteiger partial charge on any atom is -0.497 e. The molecule has 0 spiro atoms. The highest BCUT2D eigenvalue weighted by Gasteiger charge is 2.51. The SMILES string of the molecule is COc1ccc(C(N[C@H]2[C@H](F)[C@H](n3ccc(NC(=O)c4ccccc4)nc3=O)O[C@@H]2COP(OCCC#N)N(C(C)C)C(C)C)(c2ccccc2)c2ccccc2)cc1. The lowest BCUT2D eigenvalue weighted by atomic mass is 9.76. The molecule has 12 nitrogen and oxygen atoms in total. The van der Waals surface area contributed by atoms with E-state index in [4.69, 9.17) is 18.5 Å². The first-order valence-corrected chi connectivity index (χ1v) is 20.7. The summed E-state index contributed by atoms with van der Waals surface area (Å²) in [7, 11) is -0.125. The lowest BCUT2D eigenvalue weighted by Gasteiger charge is -2.41. The Balaban J connectivity index is 1.43. The van der Waals surface area contributed by atoms with Crippen molar-refractivity contribution in [3.63, 3.8) is 0 Å². The Bertz CT molecular complexity index is 2160.